The average Bonchev–Trinajstić information content (AvgIpc) is 2.80. The van der Waals surface area contributed by atoms with E-state index in [1.807, 2.05) is 7.05 Å². The predicted octanol–water partition coefficient (Wildman–Crippen LogP) is 3.03. The summed E-state index contributed by atoms with van der Waals surface area (Å²) in [6, 6.07) is 0.588. The van der Waals surface area contributed by atoms with Crippen molar-refractivity contribution < 1.29 is 0 Å². The molecule has 2 saturated heterocycles. The normalized spacial score (nSPS) is 25.0. The van der Waals surface area contributed by atoms with E-state index in [1.54, 1.807) is 0 Å². The van der Waals surface area contributed by atoms with Gasteiger partial charge in [-0.25, -0.2) is 0 Å². The highest BCUT2D eigenvalue weighted by atomic mass is 127. The van der Waals surface area contributed by atoms with Gasteiger partial charge in [0.05, 0.1) is 0 Å². The zero-order valence-corrected chi connectivity index (χ0v) is 17.4. The molecule has 130 valence electrons. The second-order valence-corrected chi connectivity index (χ2v) is 7.83. The van der Waals surface area contributed by atoms with E-state index in [0.29, 0.717) is 11.5 Å². The van der Waals surface area contributed by atoms with Gasteiger partial charge in [-0.3, -0.25) is 9.89 Å². The number of nitrogens with one attached hydrogen (secondary N) is 1. The van der Waals surface area contributed by atoms with Crippen LogP contribution in [0.4, 0.5) is 0 Å². The summed E-state index contributed by atoms with van der Waals surface area (Å²) in [5.41, 5.74) is 0.423. The maximum absolute atomic E-state index is 4.48. The molecule has 0 radical (unpaired) electrons. The van der Waals surface area contributed by atoms with Crippen molar-refractivity contribution in [3.63, 3.8) is 0 Å². The lowest BCUT2D eigenvalue weighted by molar-refractivity contribution is 0.147. The monoisotopic (exact) mass is 422 g/mol. The number of guanidine groups is 1. The fourth-order valence-corrected chi connectivity index (χ4v) is 3.46. The molecule has 1 N–H and O–H groups in total. The van der Waals surface area contributed by atoms with Crippen molar-refractivity contribution in [3.05, 3.63) is 0 Å². The predicted molar refractivity (Wildman–Crippen MR) is 106 cm³/mol. The van der Waals surface area contributed by atoms with Crippen molar-refractivity contribution in [1.29, 1.82) is 0 Å². The van der Waals surface area contributed by atoms with E-state index in [9.17, 15) is 0 Å². The Morgan fingerprint density at radius 3 is 2.41 bits per heavy atom. The highest BCUT2D eigenvalue weighted by Crippen LogP contribution is 2.28. The number of aliphatic imine (C=N–C) groups is 1. The number of hydrogen-bond acceptors (Lipinski definition) is 2. The van der Waals surface area contributed by atoms with Gasteiger partial charge in [0, 0.05) is 32.7 Å². The summed E-state index contributed by atoms with van der Waals surface area (Å²) in [6.45, 7) is 15.1. The van der Waals surface area contributed by atoms with Crippen LogP contribution in [0.2, 0.25) is 0 Å². The van der Waals surface area contributed by atoms with Crippen LogP contribution >= 0.6 is 24.0 Å². The summed E-state index contributed by atoms with van der Waals surface area (Å²) >= 11 is 0. The fraction of sp³-hybridized carbons (Fsp3) is 0.941. The van der Waals surface area contributed by atoms with Crippen molar-refractivity contribution in [2.75, 3.05) is 39.8 Å². The van der Waals surface area contributed by atoms with Crippen molar-refractivity contribution in [2.24, 2.45) is 16.3 Å². The molecule has 0 amide bonds. The minimum Gasteiger partial charge on any atom is -0.355 e. The van der Waals surface area contributed by atoms with Gasteiger partial charge in [0.2, 0.25) is 0 Å². The van der Waals surface area contributed by atoms with E-state index in [0.717, 1.165) is 31.5 Å². The number of halogens is 1. The summed E-state index contributed by atoms with van der Waals surface area (Å²) in [4.78, 5) is 9.50. The van der Waals surface area contributed by atoms with Crippen molar-refractivity contribution >= 4 is 29.9 Å². The third-order valence-electron chi connectivity index (χ3n) is 5.19. The van der Waals surface area contributed by atoms with E-state index in [4.69, 9.17) is 0 Å². The minimum atomic E-state index is 0. The zero-order valence-electron chi connectivity index (χ0n) is 15.1. The Labute approximate surface area is 154 Å². The maximum Gasteiger partial charge on any atom is 0.193 e. The summed E-state index contributed by atoms with van der Waals surface area (Å²) in [7, 11) is 1.90. The van der Waals surface area contributed by atoms with Gasteiger partial charge in [0.25, 0.3) is 0 Å². The second kappa shape index (κ2) is 8.71. The largest absolute Gasteiger partial charge is 0.355 e. The van der Waals surface area contributed by atoms with Crippen LogP contribution in [-0.2, 0) is 0 Å². The number of hydrogen-bond donors (Lipinski definition) is 1. The van der Waals surface area contributed by atoms with Crippen LogP contribution in [0.1, 0.15) is 47.0 Å². The molecule has 0 spiro atoms. The molecule has 0 bridgehead atoms. The topological polar surface area (TPSA) is 30.9 Å². The van der Waals surface area contributed by atoms with Gasteiger partial charge in [0.15, 0.2) is 5.96 Å². The second-order valence-electron chi connectivity index (χ2n) is 7.83. The SMILES string of the molecule is CN=C(NCC(C)N1CCC(C)CC1)N1CCC(C)(C)C1.I. The van der Waals surface area contributed by atoms with Crippen LogP contribution in [0.5, 0.6) is 0 Å². The summed E-state index contributed by atoms with van der Waals surface area (Å²) in [6.07, 6.45) is 3.95. The summed E-state index contributed by atoms with van der Waals surface area (Å²) in [5.74, 6) is 1.99. The van der Waals surface area contributed by atoms with Gasteiger partial charge in [-0.15, -0.1) is 24.0 Å². The molecule has 2 fully saturated rings. The van der Waals surface area contributed by atoms with Crippen LogP contribution in [0.3, 0.4) is 0 Å². The first kappa shape index (κ1) is 20.0. The Morgan fingerprint density at radius 2 is 1.91 bits per heavy atom. The first-order valence-corrected chi connectivity index (χ1v) is 8.61. The van der Waals surface area contributed by atoms with Crippen LogP contribution in [0.15, 0.2) is 4.99 Å². The molecule has 0 aliphatic carbocycles. The molecule has 4 nitrogen and oxygen atoms in total. The molecular formula is C17H35IN4. The van der Waals surface area contributed by atoms with E-state index in [2.05, 4.69) is 47.8 Å². The average molecular weight is 422 g/mol. The smallest absolute Gasteiger partial charge is 0.193 e. The Balaban J connectivity index is 0.00000242. The summed E-state index contributed by atoms with van der Waals surface area (Å²) in [5, 5.41) is 3.59. The van der Waals surface area contributed by atoms with Crippen LogP contribution < -0.4 is 5.32 Å². The lowest BCUT2D eigenvalue weighted by Gasteiger charge is -2.35. The highest BCUT2D eigenvalue weighted by Gasteiger charge is 2.31. The Bertz CT molecular complexity index is 362. The molecule has 5 heteroatoms. The molecule has 2 aliphatic heterocycles. The first-order valence-electron chi connectivity index (χ1n) is 8.61. The van der Waals surface area contributed by atoms with Gasteiger partial charge < -0.3 is 10.2 Å². The molecule has 22 heavy (non-hydrogen) atoms. The Kier molecular flexibility index (Phi) is 7.92. The molecule has 1 atom stereocenters. The molecule has 2 aliphatic rings. The van der Waals surface area contributed by atoms with Crippen LogP contribution in [-0.4, -0.2) is 61.6 Å². The zero-order chi connectivity index (χ0) is 15.5. The standard InChI is InChI=1S/C17H34N4.HI/c1-14-6-9-20(10-7-14)15(2)12-19-16(18-5)21-11-8-17(3,4)13-21;/h14-15H,6-13H2,1-5H3,(H,18,19);1H. The highest BCUT2D eigenvalue weighted by molar-refractivity contribution is 14.0. The quantitative estimate of drug-likeness (QED) is 0.431. The van der Waals surface area contributed by atoms with Crippen LogP contribution in [0, 0.1) is 11.3 Å². The number of rotatable bonds is 3. The number of nitrogens with zero attached hydrogens (tertiary/aromatic N) is 3. The van der Waals surface area contributed by atoms with Crippen LogP contribution in [0.25, 0.3) is 0 Å². The number of piperidine rings is 1. The van der Waals surface area contributed by atoms with Gasteiger partial charge in [-0.2, -0.15) is 0 Å². The Morgan fingerprint density at radius 1 is 1.27 bits per heavy atom. The van der Waals surface area contributed by atoms with Crippen molar-refractivity contribution in [2.45, 2.75) is 53.0 Å². The molecular weight excluding hydrogens is 387 g/mol. The van der Waals surface area contributed by atoms with Gasteiger partial charge >= 0.3 is 0 Å². The number of likely N-dealkylation sites (tertiary alicyclic amines) is 2. The first-order chi connectivity index (χ1) is 9.91. The van der Waals surface area contributed by atoms with Gasteiger partial charge in [-0.1, -0.05) is 20.8 Å². The molecule has 2 heterocycles. The third-order valence-corrected chi connectivity index (χ3v) is 5.19. The van der Waals surface area contributed by atoms with Gasteiger partial charge in [-0.05, 0) is 50.6 Å². The molecule has 0 aromatic rings. The van der Waals surface area contributed by atoms with E-state index >= 15 is 0 Å². The Hall–Kier alpha value is -0.0400. The summed E-state index contributed by atoms with van der Waals surface area (Å²) < 4.78 is 0. The molecule has 0 saturated carbocycles. The van der Waals surface area contributed by atoms with E-state index in [1.165, 1.54) is 32.4 Å². The van der Waals surface area contributed by atoms with Gasteiger partial charge in [0.1, 0.15) is 0 Å². The lowest BCUT2D eigenvalue weighted by atomic mass is 9.93. The molecule has 1 unspecified atom stereocenters. The van der Waals surface area contributed by atoms with Crippen molar-refractivity contribution in [3.8, 4) is 0 Å². The van der Waals surface area contributed by atoms with Crippen molar-refractivity contribution in [1.82, 2.24) is 15.1 Å². The third kappa shape index (κ3) is 5.55. The lowest BCUT2D eigenvalue weighted by Crippen LogP contribution is -2.48. The minimum absolute atomic E-state index is 0. The van der Waals surface area contributed by atoms with E-state index in [-0.39, 0.29) is 24.0 Å². The molecule has 0 aromatic heterocycles. The molecule has 0 aromatic carbocycles. The fourth-order valence-electron chi connectivity index (χ4n) is 3.46. The molecule has 2 rings (SSSR count). The van der Waals surface area contributed by atoms with E-state index < -0.39 is 0 Å². The maximum atomic E-state index is 4.48.